The summed E-state index contributed by atoms with van der Waals surface area (Å²) >= 11 is 4.50. The van der Waals surface area contributed by atoms with Crippen LogP contribution in [0.3, 0.4) is 0 Å². The van der Waals surface area contributed by atoms with Gasteiger partial charge in [-0.1, -0.05) is 0 Å². The predicted octanol–water partition coefficient (Wildman–Crippen LogP) is 3.17. The first-order valence-corrected chi connectivity index (χ1v) is 8.74. The van der Waals surface area contributed by atoms with E-state index in [9.17, 15) is 9.90 Å². The van der Waals surface area contributed by atoms with E-state index in [2.05, 4.69) is 5.32 Å². The fourth-order valence-corrected chi connectivity index (χ4v) is 4.08. The molecular weight excluding hydrogens is 298 g/mol. The van der Waals surface area contributed by atoms with Gasteiger partial charge in [0.15, 0.2) is 0 Å². The third-order valence-electron chi connectivity index (χ3n) is 2.79. The first-order valence-electron chi connectivity index (χ1n) is 5.69. The molecule has 0 saturated carbocycles. The Morgan fingerprint density at radius 2 is 2.26 bits per heavy atom. The number of rotatable bonds is 5. The Balaban J connectivity index is 2.01. The summed E-state index contributed by atoms with van der Waals surface area (Å²) in [4.78, 5) is 13.8. The molecule has 1 atom stereocenters. The maximum atomic E-state index is 12.1. The van der Waals surface area contributed by atoms with Gasteiger partial charge >= 0.3 is 0 Å². The Morgan fingerprint density at radius 3 is 2.89 bits per heavy atom. The molecule has 0 bridgehead atoms. The molecule has 0 aliphatic rings. The van der Waals surface area contributed by atoms with Crippen LogP contribution in [0.2, 0.25) is 0 Å². The lowest BCUT2D eigenvalue weighted by Gasteiger charge is -2.22. The van der Waals surface area contributed by atoms with Crippen LogP contribution in [-0.4, -0.2) is 23.8 Å². The topological polar surface area (TPSA) is 49.3 Å². The minimum Gasteiger partial charge on any atom is -0.384 e. The molecule has 0 aliphatic carbocycles. The van der Waals surface area contributed by atoms with Crippen molar-refractivity contribution in [2.45, 2.75) is 17.4 Å². The van der Waals surface area contributed by atoms with Gasteiger partial charge in [-0.15, -0.1) is 23.1 Å². The molecule has 0 fully saturated rings. The zero-order valence-corrected chi connectivity index (χ0v) is 13.1. The van der Waals surface area contributed by atoms with E-state index < -0.39 is 5.60 Å². The van der Waals surface area contributed by atoms with E-state index in [1.165, 1.54) is 22.7 Å². The predicted molar refractivity (Wildman–Crippen MR) is 82.3 cm³/mol. The number of nitrogens with one attached hydrogen (secondary N) is 1. The van der Waals surface area contributed by atoms with E-state index >= 15 is 0 Å². The van der Waals surface area contributed by atoms with Gasteiger partial charge in [-0.3, -0.25) is 4.79 Å². The van der Waals surface area contributed by atoms with E-state index in [0.717, 1.165) is 10.5 Å². The van der Waals surface area contributed by atoms with Gasteiger partial charge in [0.05, 0.1) is 6.54 Å². The van der Waals surface area contributed by atoms with Crippen molar-refractivity contribution in [1.29, 1.82) is 0 Å². The van der Waals surface area contributed by atoms with E-state index in [4.69, 9.17) is 0 Å². The zero-order valence-electron chi connectivity index (χ0n) is 10.7. The number of carbonyl (C=O) groups is 1. The normalized spacial score (nSPS) is 14.1. The van der Waals surface area contributed by atoms with Gasteiger partial charge in [0.25, 0.3) is 5.91 Å². The highest BCUT2D eigenvalue weighted by molar-refractivity contribution is 7.98. The molecule has 2 N–H and O–H groups in total. The van der Waals surface area contributed by atoms with E-state index in [1.807, 2.05) is 34.5 Å². The molecule has 1 amide bonds. The molecule has 3 nitrogen and oxygen atoms in total. The van der Waals surface area contributed by atoms with E-state index in [-0.39, 0.29) is 12.5 Å². The Kier molecular flexibility index (Phi) is 4.67. The fourth-order valence-electron chi connectivity index (χ4n) is 1.63. The minimum atomic E-state index is -1.04. The smallest absolute Gasteiger partial charge is 0.262 e. The minimum absolute atomic E-state index is 0.130. The van der Waals surface area contributed by atoms with E-state index in [0.29, 0.717) is 4.88 Å². The highest BCUT2D eigenvalue weighted by atomic mass is 32.2. The number of hydrogen-bond donors (Lipinski definition) is 2. The van der Waals surface area contributed by atoms with Crippen LogP contribution in [0.5, 0.6) is 0 Å². The summed E-state index contributed by atoms with van der Waals surface area (Å²) in [6.45, 7) is 1.91. The molecule has 2 aromatic heterocycles. The lowest BCUT2D eigenvalue weighted by atomic mass is 9.99. The molecule has 0 aliphatic heterocycles. The Bertz CT molecular complexity index is 546. The van der Waals surface area contributed by atoms with Gasteiger partial charge in [0, 0.05) is 4.90 Å². The van der Waals surface area contributed by atoms with Crippen LogP contribution in [0.15, 0.2) is 33.2 Å². The number of carbonyl (C=O) groups excluding carboxylic acids is 1. The van der Waals surface area contributed by atoms with Crippen molar-refractivity contribution in [2.75, 3.05) is 12.8 Å². The summed E-state index contributed by atoms with van der Waals surface area (Å²) in [6, 6.07) is 3.80. The lowest BCUT2D eigenvalue weighted by Crippen LogP contribution is -2.38. The SMILES string of the molecule is CSc1ccsc1C(=O)NCC(C)(O)c1ccsc1. The summed E-state index contributed by atoms with van der Waals surface area (Å²) < 4.78 is 0. The van der Waals surface area contributed by atoms with Gasteiger partial charge < -0.3 is 10.4 Å². The molecule has 0 spiro atoms. The van der Waals surface area contributed by atoms with Gasteiger partial charge in [-0.2, -0.15) is 11.3 Å². The van der Waals surface area contributed by atoms with Crippen molar-refractivity contribution < 1.29 is 9.90 Å². The summed E-state index contributed by atoms with van der Waals surface area (Å²) in [6.07, 6.45) is 1.94. The van der Waals surface area contributed by atoms with Crippen LogP contribution in [0.1, 0.15) is 22.2 Å². The average Bonchev–Trinajstić information content (AvgIpc) is 3.06. The number of aliphatic hydroxyl groups is 1. The quantitative estimate of drug-likeness (QED) is 0.834. The highest BCUT2D eigenvalue weighted by Crippen LogP contribution is 2.26. The summed E-state index contributed by atoms with van der Waals surface area (Å²) in [5.74, 6) is -0.130. The third-order valence-corrected chi connectivity index (χ3v) is 5.30. The molecule has 0 radical (unpaired) electrons. The second kappa shape index (κ2) is 6.09. The Labute approximate surface area is 124 Å². The molecule has 102 valence electrons. The van der Waals surface area contributed by atoms with Crippen LogP contribution in [0, 0.1) is 0 Å². The molecule has 0 aromatic carbocycles. The van der Waals surface area contributed by atoms with Gasteiger partial charge in [-0.05, 0) is 47.0 Å². The molecule has 19 heavy (non-hydrogen) atoms. The first kappa shape index (κ1) is 14.6. The number of hydrogen-bond acceptors (Lipinski definition) is 5. The second-order valence-electron chi connectivity index (χ2n) is 4.29. The standard InChI is InChI=1S/C13H15NO2S3/c1-13(16,9-3-5-18-7-9)8-14-12(15)11-10(17-2)4-6-19-11/h3-7,16H,8H2,1-2H3,(H,14,15). The summed E-state index contributed by atoms with van der Waals surface area (Å²) in [5.41, 5.74) is -0.207. The van der Waals surface area contributed by atoms with Crippen LogP contribution in [0.25, 0.3) is 0 Å². The van der Waals surface area contributed by atoms with Crippen molar-refractivity contribution in [2.24, 2.45) is 0 Å². The van der Waals surface area contributed by atoms with Crippen LogP contribution in [-0.2, 0) is 5.60 Å². The van der Waals surface area contributed by atoms with Crippen molar-refractivity contribution in [1.82, 2.24) is 5.32 Å². The molecule has 0 saturated heterocycles. The van der Waals surface area contributed by atoms with Crippen LogP contribution >= 0.6 is 34.4 Å². The maximum absolute atomic E-state index is 12.1. The third kappa shape index (κ3) is 3.39. The molecule has 2 heterocycles. The molecule has 2 aromatic rings. The first-order chi connectivity index (χ1) is 9.04. The van der Waals surface area contributed by atoms with Crippen molar-refractivity contribution in [3.63, 3.8) is 0 Å². The Morgan fingerprint density at radius 1 is 1.47 bits per heavy atom. The summed E-state index contributed by atoms with van der Waals surface area (Å²) in [7, 11) is 0. The van der Waals surface area contributed by atoms with Crippen molar-refractivity contribution >= 4 is 40.3 Å². The Hall–Kier alpha value is -0.820. The van der Waals surface area contributed by atoms with Crippen LogP contribution < -0.4 is 5.32 Å². The van der Waals surface area contributed by atoms with E-state index in [1.54, 1.807) is 18.7 Å². The molecular formula is C13H15NO2S3. The highest BCUT2D eigenvalue weighted by Gasteiger charge is 2.25. The van der Waals surface area contributed by atoms with Crippen molar-refractivity contribution in [3.8, 4) is 0 Å². The monoisotopic (exact) mass is 313 g/mol. The van der Waals surface area contributed by atoms with Gasteiger partial charge in [-0.25, -0.2) is 0 Å². The maximum Gasteiger partial charge on any atom is 0.262 e. The van der Waals surface area contributed by atoms with Crippen molar-refractivity contribution in [3.05, 3.63) is 38.7 Å². The summed E-state index contributed by atoms with van der Waals surface area (Å²) in [5, 5.41) is 18.8. The van der Waals surface area contributed by atoms with Gasteiger partial charge in [0.1, 0.15) is 10.5 Å². The largest absolute Gasteiger partial charge is 0.384 e. The number of amides is 1. The molecule has 2 rings (SSSR count). The average molecular weight is 313 g/mol. The number of thioether (sulfide) groups is 1. The van der Waals surface area contributed by atoms with Gasteiger partial charge in [0.2, 0.25) is 0 Å². The molecule has 1 unspecified atom stereocenters. The number of thiophene rings is 2. The van der Waals surface area contributed by atoms with Crippen LogP contribution in [0.4, 0.5) is 0 Å². The molecule has 6 heteroatoms. The lowest BCUT2D eigenvalue weighted by molar-refractivity contribution is 0.0530. The zero-order chi connectivity index (χ0) is 13.9. The fraction of sp³-hybridized carbons (Fsp3) is 0.308. The second-order valence-corrected chi connectivity index (χ2v) is 6.83.